The lowest BCUT2D eigenvalue weighted by Gasteiger charge is -2.07. The summed E-state index contributed by atoms with van der Waals surface area (Å²) in [6.45, 7) is 1.74. The van der Waals surface area contributed by atoms with Gasteiger partial charge in [-0.15, -0.1) is 0 Å². The minimum Gasteiger partial charge on any atom is -0.299 e. The Morgan fingerprint density at radius 1 is 1.29 bits per heavy atom. The van der Waals surface area contributed by atoms with Gasteiger partial charge in [0.05, 0.1) is 28.8 Å². The van der Waals surface area contributed by atoms with Crippen molar-refractivity contribution in [2.75, 3.05) is 11.5 Å². The molecule has 0 aliphatic carbocycles. The largest absolute Gasteiger partial charge is 0.299 e. The lowest BCUT2D eigenvalue weighted by Crippen LogP contribution is -2.25. The van der Waals surface area contributed by atoms with E-state index in [1.165, 1.54) is 10.9 Å². The van der Waals surface area contributed by atoms with E-state index >= 15 is 0 Å². The van der Waals surface area contributed by atoms with Crippen LogP contribution in [0.15, 0.2) is 28.0 Å². The summed E-state index contributed by atoms with van der Waals surface area (Å²) in [7, 11) is -3.07. The van der Waals surface area contributed by atoms with Gasteiger partial charge in [0.2, 0.25) is 0 Å². The van der Waals surface area contributed by atoms with Crippen LogP contribution >= 0.6 is 23.2 Å². The van der Waals surface area contributed by atoms with E-state index in [0.717, 1.165) is 0 Å². The SMILES string of the molecule is Cc1[nH]n([C@@H]2CCS(=O)(=O)C2)c(=O)c1C=Nc1cc(Cl)cc(Cl)c1. The van der Waals surface area contributed by atoms with E-state index in [4.69, 9.17) is 23.2 Å². The molecule has 128 valence electrons. The minimum absolute atomic E-state index is 0.0205. The van der Waals surface area contributed by atoms with Gasteiger partial charge >= 0.3 is 0 Å². The highest BCUT2D eigenvalue weighted by Crippen LogP contribution is 2.25. The second-order valence-corrected chi connectivity index (χ2v) is 8.87. The molecule has 1 aliphatic rings. The lowest BCUT2D eigenvalue weighted by molar-refractivity contribution is 0.483. The normalized spacial score (nSPS) is 20.0. The number of benzene rings is 1. The Bertz CT molecular complexity index is 956. The van der Waals surface area contributed by atoms with Crippen LogP contribution in [-0.4, -0.2) is 35.9 Å². The summed E-state index contributed by atoms with van der Waals surface area (Å²) in [5.41, 5.74) is 1.26. The van der Waals surface area contributed by atoms with Crippen LogP contribution in [0.25, 0.3) is 0 Å². The smallest absolute Gasteiger partial charge is 0.275 e. The molecule has 9 heteroatoms. The molecule has 1 aliphatic heterocycles. The van der Waals surface area contributed by atoms with Gasteiger partial charge in [-0.1, -0.05) is 23.2 Å². The first-order valence-electron chi connectivity index (χ1n) is 7.27. The Morgan fingerprint density at radius 3 is 2.54 bits per heavy atom. The molecule has 3 rings (SSSR count). The maximum atomic E-state index is 12.5. The zero-order valence-corrected chi connectivity index (χ0v) is 15.1. The van der Waals surface area contributed by atoms with Gasteiger partial charge in [0.25, 0.3) is 5.56 Å². The van der Waals surface area contributed by atoms with Crippen molar-refractivity contribution >= 4 is 44.9 Å². The van der Waals surface area contributed by atoms with Gasteiger partial charge < -0.3 is 0 Å². The van der Waals surface area contributed by atoms with E-state index in [9.17, 15) is 13.2 Å². The number of rotatable bonds is 3. The highest BCUT2D eigenvalue weighted by Gasteiger charge is 2.31. The van der Waals surface area contributed by atoms with Crippen molar-refractivity contribution < 1.29 is 8.42 Å². The number of H-pyrrole nitrogens is 1. The highest BCUT2D eigenvalue weighted by atomic mass is 35.5. The summed E-state index contributed by atoms with van der Waals surface area (Å²) < 4.78 is 24.6. The average molecular weight is 388 g/mol. The van der Waals surface area contributed by atoms with E-state index < -0.39 is 9.84 Å². The number of aliphatic imine (C=N–C) groups is 1. The molecule has 6 nitrogen and oxygen atoms in total. The fraction of sp³-hybridized carbons (Fsp3) is 0.333. The molecule has 24 heavy (non-hydrogen) atoms. The van der Waals surface area contributed by atoms with Crippen molar-refractivity contribution in [3.05, 3.63) is 49.9 Å². The van der Waals surface area contributed by atoms with Crippen LogP contribution < -0.4 is 5.56 Å². The Labute approximate surface area is 149 Å². The van der Waals surface area contributed by atoms with Gasteiger partial charge in [-0.25, -0.2) is 13.1 Å². The van der Waals surface area contributed by atoms with E-state index in [1.807, 2.05) is 0 Å². The third-order valence-electron chi connectivity index (χ3n) is 3.90. The molecule has 0 bridgehead atoms. The van der Waals surface area contributed by atoms with E-state index in [2.05, 4.69) is 10.1 Å². The summed E-state index contributed by atoms with van der Waals surface area (Å²) >= 11 is 11.8. The van der Waals surface area contributed by atoms with E-state index in [0.29, 0.717) is 33.4 Å². The van der Waals surface area contributed by atoms with Gasteiger partial charge in [-0.3, -0.25) is 14.9 Å². The molecule has 1 atom stereocenters. The van der Waals surface area contributed by atoms with Gasteiger partial charge in [0.15, 0.2) is 9.84 Å². The first kappa shape index (κ1) is 17.3. The average Bonchev–Trinajstić information content (AvgIpc) is 2.96. The third-order valence-corrected chi connectivity index (χ3v) is 6.09. The molecule has 1 aromatic heterocycles. The van der Waals surface area contributed by atoms with E-state index in [-0.39, 0.29) is 23.1 Å². The first-order valence-corrected chi connectivity index (χ1v) is 9.84. The molecule has 1 fully saturated rings. The maximum Gasteiger partial charge on any atom is 0.275 e. The topological polar surface area (TPSA) is 84.3 Å². The zero-order valence-electron chi connectivity index (χ0n) is 12.8. The number of aromatic amines is 1. The van der Waals surface area contributed by atoms with Crippen LogP contribution in [0.5, 0.6) is 0 Å². The number of hydrogen-bond acceptors (Lipinski definition) is 4. The number of nitrogens with zero attached hydrogens (tertiary/aromatic N) is 2. The molecule has 1 aromatic carbocycles. The van der Waals surface area contributed by atoms with Gasteiger partial charge in [0, 0.05) is 22.0 Å². The second-order valence-electron chi connectivity index (χ2n) is 5.77. The number of nitrogens with one attached hydrogen (secondary N) is 1. The van der Waals surface area contributed by atoms with Crippen molar-refractivity contribution in [3.8, 4) is 0 Å². The molecule has 2 aromatic rings. The standard InChI is InChI=1S/C15H15Cl2N3O3S/c1-9-14(7-18-12-5-10(16)4-11(17)6-12)15(21)20(19-9)13-2-3-24(22,23)8-13/h4-7,13,19H,2-3,8H2,1H3/t13-/m1/s1. The Kier molecular flexibility index (Phi) is 4.59. The lowest BCUT2D eigenvalue weighted by atomic mass is 10.2. The van der Waals surface area contributed by atoms with E-state index in [1.54, 1.807) is 25.1 Å². The van der Waals surface area contributed by atoms with Crippen molar-refractivity contribution in [2.45, 2.75) is 19.4 Å². The number of sulfone groups is 1. The summed E-state index contributed by atoms with van der Waals surface area (Å²) in [5.74, 6) is 0.0833. The summed E-state index contributed by atoms with van der Waals surface area (Å²) in [6, 6.07) is 4.50. The Morgan fingerprint density at radius 2 is 1.96 bits per heavy atom. The molecule has 0 radical (unpaired) electrons. The van der Waals surface area contributed by atoms with Crippen LogP contribution in [0.4, 0.5) is 5.69 Å². The van der Waals surface area contributed by atoms with Crippen molar-refractivity contribution in [1.82, 2.24) is 9.78 Å². The van der Waals surface area contributed by atoms with Gasteiger partial charge in [-0.2, -0.15) is 0 Å². The van der Waals surface area contributed by atoms with Crippen molar-refractivity contribution in [2.24, 2.45) is 4.99 Å². The molecular weight excluding hydrogens is 373 g/mol. The Balaban J connectivity index is 1.92. The number of aromatic nitrogens is 2. The van der Waals surface area contributed by atoms with Gasteiger partial charge in [-0.05, 0) is 31.5 Å². The maximum absolute atomic E-state index is 12.5. The van der Waals surface area contributed by atoms with Gasteiger partial charge in [0.1, 0.15) is 0 Å². The van der Waals surface area contributed by atoms with Crippen LogP contribution in [0.3, 0.4) is 0 Å². The third kappa shape index (κ3) is 3.58. The van der Waals surface area contributed by atoms with Crippen LogP contribution in [0.1, 0.15) is 23.7 Å². The Hall–Kier alpha value is -1.57. The monoisotopic (exact) mass is 387 g/mol. The van der Waals surface area contributed by atoms with Crippen LogP contribution in [0.2, 0.25) is 10.0 Å². The number of aryl methyl sites for hydroxylation is 1. The predicted molar refractivity (Wildman–Crippen MR) is 95.8 cm³/mol. The molecule has 0 saturated carbocycles. The molecule has 2 heterocycles. The fourth-order valence-electron chi connectivity index (χ4n) is 2.72. The first-order chi connectivity index (χ1) is 11.2. The van der Waals surface area contributed by atoms with Crippen molar-refractivity contribution in [1.29, 1.82) is 0 Å². The predicted octanol–water partition coefficient (Wildman–Crippen LogP) is 2.90. The zero-order chi connectivity index (χ0) is 17.5. The second kappa shape index (κ2) is 6.38. The van der Waals surface area contributed by atoms with Crippen molar-refractivity contribution in [3.63, 3.8) is 0 Å². The van der Waals surface area contributed by atoms with Crippen LogP contribution in [-0.2, 0) is 9.84 Å². The van der Waals surface area contributed by atoms with Crippen LogP contribution in [0, 0.1) is 6.92 Å². The number of hydrogen-bond donors (Lipinski definition) is 1. The highest BCUT2D eigenvalue weighted by molar-refractivity contribution is 7.91. The minimum atomic E-state index is -3.07. The fourth-order valence-corrected chi connectivity index (χ4v) is 4.94. The summed E-state index contributed by atoms with van der Waals surface area (Å²) in [4.78, 5) is 16.8. The number of halogens is 2. The molecule has 1 N–H and O–H groups in total. The quantitative estimate of drug-likeness (QED) is 0.821. The summed E-state index contributed by atoms with van der Waals surface area (Å²) in [6.07, 6.45) is 1.87. The molecule has 0 unspecified atom stereocenters. The molecule has 0 amide bonds. The summed E-state index contributed by atoms with van der Waals surface area (Å²) in [5, 5.41) is 3.85. The molecule has 0 spiro atoms. The molecular formula is C15H15Cl2N3O3S. The molecule has 1 saturated heterocycles.